The highest BCUT2D eigenvalue weighted by Crippen LogP contribution is 2.20. The van der Waals surface area contributed by atoms with Crippen LogP contribution in [0.5, 0.6) is 0 Å². The summed E-state index contributed by atoms with van der Waals surface area (Å²) < 4.78 is 32.7. The molecule has 0 aromatic rings. The maximum absolute atomic E-state index is 12.3. The molecule has 1 unspecified atom stereocenters. The molecule has 1 aliphatic rings. The van der Waals surface area contributed by atoms with Crippen molar-refractivity contribution in [2.45, 2.75) is 71.2 Å². The summed E-state index contributed by atoms with van der Waals surface area (Å²) in [6, 6.07) is 0. The Hall–Kier alpha value is -1.08. The number of sulfonamides is 1. The fourth-order valence-corrected chi connectivity index (χ4v) is 3.89. The molecule has 1 atom stereocenters. The highest BCUT2D eigenvalue weighted by molar-refractivity contribution is 7.90. The number of hydrogen-bond acceptors (Lipinski definition) is 4. The van der Waals surface area contributed by atoms with Crippen molar-refractivity contribution >= 4 is 16.1 Å². The molecule has 0 aromatic carbocycles. The summed E-state index contributed by atoms with van der Waals surface area (Å²) >= 11 is 0. The van der Waals surface area contributed by atoms with Crippen LogP contribution in [0.3, 0.4) is 0 Å². The first-order valence-corrected chi connectivity index (χ1v) is 10.6. The van der Waals surface area contributed by atoms with Gasteiger partial charge in [0.2, 0.25) is 10.0 Å². The molecule has 7 heteroatoms. The molecule has 1 heterocycles. The normalized spacial score (nSPS) is 18.0. The molecule has 6 nitrogen and oxygen atoms in total. The van der Waals surface area contributed by atoms with Crippen LogP contribution in [0, 0.1) is 5.92 Å². The van der Waals surface area contributed by atoms with Crippen molar-refractivity contribution in [3.05, 3.63) is 12.2 Å². The standard InChI is InChI=1S/C18H34N2O4S/c1-7-14(2)12-15(3)25(22,23)19-13-16-8-10-20(11-9-16)17(21)24-18(4,5)6/h15-16,19H,2,7-13H2,1,3-6H3. The second-order valence-corrected chi connectivity index (χ2v) is 10.1. The molecule has 0 radical (unpaired) electrons. The van der Waals surface area contributed by atoms with Crippen LogP contribution < -0.4 is 4.72 Å². The maximum atomic E-state index is 12.3. The Bertz CT molecular complexity index is 558. The molecule has 0 aromatic heterocycles. The van der Waals surface area contributed by atoms with Crippen LogP contribution >= 0.6 is 0 Å². The number of nitrogens with one attached hydrogen (secondary N) is 1. The Morgan fingerprint density at radius 3 is 2.36 bits per heavy atom. The first-order chi connectivity index (χ1) is 11.4. The predicted molar refractivity (Wildman–Crippen MR) is 101 cm³/mol. The Kier molecular flexibility index (Phi) is 7.93. The summed E-state index contributed by atoms with van der Waals surface area (Å²) in [5.74, 6) is 0.245. The first-order valence-electron chi connectivity index (χ1n) is 9.07. The monoisotopic (exact) mass is 374 g/mol. The zero-order valence-corrected chi connectivity index (χ0v) is 17.1. The van der Waals surface area contributed by atoms with E-state index in [0.717, 1.165) is 24.8 Å². The van der Waals surface area contributed by atoms with Gasteiger partial charge in [-0.05, 0) is 59.3 Å². The number of amides is 1. The van der Waals surface area contributed by atoms with Crippen molar-refractivity contribution in [1.29, 1.82) is 0 Å². The molecule has 0 bridgehead atoms. The molecule has 1 aliphatic heterocycles. The lowest BCUT2D eigenvalue weighted by molar-refractivity contribution is 0.0185. The number of carbonyl (C=O) groups excluding carboxylic acids is 1. The van der Waals surface area contributed by atoms with Gasteiger partial charge in [0.15, 0.2) is 0 Å². The van der Waals surface area contributed by atoms with Crippen molar-refractivity contribution in [2.75, 3.05) is 19.6 Å². The Balaban J connectivity index is 2.41. The number of carbonyl (C=O) groups is 1. The van der Waals surface area contributed by atoms with E-state index in [4.69, 9.17) is 4.74 Å². The van der Waals surface area contributed by atoms with E-state index in [-0.39, 0.29) is 12.0 Å². The van der Waals surface area contributed by atoms with Gasteiger partial charge < -0.3 is 9.64 Å². The number of likely N-dealkylation sites (tertiary alicyclic amines) is 1. The molecule has 1 amide bonds. The van der Waals surface area contributed by atoms with Crippen molar-refractivity contribution in [1.82, 2.24) is 9.62 Å². The lowest BCUT2D eigenvalue weighted by Gasteiger charge is -2.33. The van der Waals surface area contributed by atoms with Gasteiger partial charge in [0.05, 0.1) is 5.25 Å². The number of allylic oxidation sites excluding steroid dienone is 1. The van der Waals surface area contributed by atoms with E-state index in [0.29, 0.717) is 26.1 Å². The average molecular weight is 375 g/mol. The highest BCUT2D eigenvalue weighted by atomic mass is 32.2. The second kappa shape index (κ2) is 9.03. The molecule has 1 fully saturated rings. The van der Waals surface area contributed by atoms with Crippen molar-refractivity contribution in [2.24, 2.45) is 5.92 Å². The van der Waals surface area contributed by atoms with Gasteiger partial charge in [0.25, 0.3) is 0 Å². The van der Waals surface area contributed by atoms with Crippen LogP contribution in [0.4, 0.5) is 4.79 Å². The fourth-order valence-electron chi connectivity index (χ4n) is 2.68. The predicted octanol–water partition coefficient (Wildman–Crippen LogP) is 3.30. The van der Waals surface area contributed by atoms with Crippen LogP contribution in [0.25, 0.3) is 0 Å². The average Bonchev–Trinajstić information content (AvgIpc) is 2.51. The first kappa shape index (κ1) is 22.0. The minimum atomic E-state index is -3.33. The summed E-state index contributed by atoms with van der Waals surface area (Å²) in [6.45, 7) is 14.8. The molecular formula is C18H34N2O4S. The van der Waals surface area contributed by atoms with Crippen LogP contribution in [0.1, 0.15) is 60.3 Å². The van der Waals surface area contributed by atoms with E-state index in [2.05, 4.69) is 11.3 Å². The topological polar surface area (TPSA) is 75.7 Å². The zero-order chi connectivity index (χ0) is 19.3. The number of nitrogens with zero attached hydrogens (tertiary/aromatic N) is 1. The lowest BCUT2D eigenvalue weighted by Crippen LogP contribution is -2.44. The summed E-state index contributed by atoms with van der Waals surface area (Å²) in [6.07, 6.45) is 2.54. The van der Waals surface area contributed by atoms with Crippen molar-refractivity contribution in [3.8, 4) is 0 Å². The molecule has 0 spiro atoms. The van der Waals surface area contributed by atoms with E-state index < -0.39 is 20.9 Å². The second-order valence-electron chi connectivity index (χ2n) is 7.92. The third-order valence-electron chi connectivity index (χ3n) is 4.45. The van der Waals surface area contributed by atoms with E-state index in [9.17, 15) is 13.2 Å². The molecule has 1 rings (SSSR count). The van der Waals surface area contributed by atoms with Gasteiger partial charge in [0.1, 0.15) is 5.60 Å². The molecule has 1 saturated heterocycles. The Labute approximate surface area is 153 Å². The van der Waals surface area contributed by atoms with E-state index in [1.807, 2.05) is 27.7 Å². The van der Waals surface area contributed by atoms with Gasteiger partial charge in [-0.2, -0.15) is 0 Å². The quantitative estimate of drug-likeness (QED) is 0.694. The minimum Gasteiger partial charge on any atom is -0.444 e. The van der Waals surface area contributed by atoms with Gasteiger partial charge in [-0.15, -0.1) is 0 Å². The molecule has 1 N–H and O–H groups in total. The molecular weight excluding hydrogens is 340 g/mol. The number of ether oxygens (including phenoxy) is 1. The van der Waals surface area contributed by atoms with Gasteiger partial charge in [-0.3, -0.25) is 0 Å². The van der Waals surface area contributed by atoms with Crippen LogP contribution in [-0.2, 0) is 14.8 Å². The van der Waals surface area contributed by atoms with Gasteiger partial charge in [-0.1, -0.05) is 19.1 Å². The molecule has 0 saturated carbocycles. The smallest absolute Gasteiger partial charge is 0.410 e. The van der Waals surface area contributed by atoms with Crippen molar-refractivity contribution < 1.29 is 17.9 Å². The Morgan fingerprint density at radius 2 is 1.88 bits per heavy atom. The molecule has 146 valence electrons. The van der Waals surface area contributed by atoms with Crippen LogP contribution in [0.15, 0.2) is 12.2 Å². The Morgan fingerprint density at radius 1 is 1.32 bits per heavy atom. The highest BCUT2D eigenvalue weighted by Gasteiger charge is 2.28. The largest absolute Gasteiger partial charge is 0.444 e. The zero-order valence-electron chi connectivity index (χ0n) is 16.3. The van der Waals surface area contributed by atoms with Gasteiger partial charge >= 0.3 is 6.09 Å². The summed E-state index contributed by atoms with van der Waals surface area (Å²) in [4.78, 5) is 13.7. The summed E-state index contributed by atoms with van der Waals surface area (Å²) in [5, 5.41) is -0.471. The maximum Gasteiger partial charge on any atom is 0.410 e. The van der Waals surface area contributed by atoms with E-state index in [1.165, 1.54) is 0 Å². The summed E-state index contributed by atoms with van der Waals surface area (Å²) in [7, 11) is -3.33. The number of hydrogen-bond donors (Lipinski definition) is 1. The third-order valence-corrected chi connectivity index (χ3v) is 6.24. The minimum absolute atomic E-state index is 0.245. The van der Waals surface area contributed by atoms with Crippen LogP contribution in [0.2, 0.25) is 0 Å². The van der Waals surface area contributed by atoms with Crippen molar-refractivity contribution in [3.63, 3.8) is 0 Å². The lowest BCUT2D eigenvalue weighted by atomic mass is 9.97. The third kappa shape index (κ3) is 7.77. The van der Waals surface area contributed by atoms with Gasteiger partial charge in [0, 0.05) is 19.6 Å². The molecule has 0 aliphatic carbocycles. The summed E-state index contributed by atoms with van der Waals surface area (Å²) in [5.41, 5.74) is 0.450. The number of piperidine rings is 1. The molecule has 25 heavy (non-hydrogen) atoms. The number of rotatable bonds is 7. The van der Waals surface area contributed by atoms with E-state index >= 15 is 0 Å². The van der Waals surface area contributed by atoms with Gasteiger partial charge in [-0.25, -0.2) is 17.9 Å². The van der Waals surface area contributed by atoms with Crippen LogP contribution in [-0.4, -0.2) is 49.9 Å². The van der Waals surface area contributed by atoms with E-state index in [1.54, 1.807) is 11.8 Å². The SMILES string of the molecule is C=C(CC)CC(C)S(=O)(=O)NCC1CCN(C(=O)OC(C)(C)C)CC1. The fraction of sp³-hybridized carbons (Fsp3) is 0.833.